The van der Waals surface area contributed by atoms with Crippen molar-refractivity contribution in [1.82, 2.24) is 25.4 Å². The summed E-state index contributed by atoms with van der Waals surface area (Å²) in [6, 6.07) is -0.293. The molecule has 23 heavy (non-hydrogen) atoms. The molecule has 0 aliphatic carbocycles. The maximum Gasteiger partial charge on any atom is 0.315 e. The molecule has 0 saturated carbocycles. The molecule has 0 spiro atoms. The van der Waals surface area contributed by atoms with E-state index in [4.69, 9.17) is 0 Å². The second-order valence-corrected chi connectivity index (χ2v) is 6.48. The second kappa shape index (κ2) is 7.59. The van der Waals surface area contributed by atoms with Gasteiger partial charge in [-0.05, 0) is 34.1 Å². The Morgan fingerprint density at radius 3 is 2.70 bits per heavy atom. The van der Waals surface area contributed by atoms with Gasteiger partial charge in [-0.25, -0.2) is 9.78 Å². The minimum atomic E-state index is -0.188. The third-order valence-corrected chi connectivity index (χ3v) is 4.93. The molecule has 2 rings (SSSR count). The summed E-state index contributed by atoms with van der Waals surface area (Å²) in [5, 5.41) is 13.4. The third kappa shape index (κ3) is 4.10. The van der Waals surface area contributed by atoms with Crippen LogP contribution in [0.1, 0.15) is 54.5 Å². The Labute approximate surface area is 141 Å². The molecular weight excluding hydrogens is 310 g/mol. The Morgan fingerprint density at radius 2 is 2.13 bits per heavy atom. The average Bonchev–Trinajstić information content (AvgIpc) is 3.10. The van der Waals surface area contributed by atoms with Crippen LogP contribution in [-0.2, 0) is 19.5 Å². The molecule has 0 aliphatic rings. The first-order valence-electron chi connectivity index (χ1n) is 7.97. The molecule has 2 amide bonds. The summed E-state index contributed by atoms with van der Waals surface area (Å²) in [5.74, 6) is 0. The standard InChI is InChI=1S/C16H25N5OS/c1-6-15-19-14(9-23-15)11(4)18-16(22)17-8-13-10(3)20-21(7-2)12(13)5/h9,11H,6-8H2,1-5H3,(H2,17,18,22). The number of hydrogen-bond acceptors (Lipinski definition) is 4. The summed E-state index contributed by atoms with van der Waals surface area (Å²) < 4.78 is 1.95. The highest BCUT2D eigenvalue weighted by Gasteiger charge is 2.14. The van der Waals surface area contributed by atoms with Crippen LogP contribution < -0.4 is 10.6 Å². The summed E-state index contributed by atoms with van der Waals surface area (Å²) in [5.41, 5.74) is 4.06. The van der Waals surface area contributed by atoms with E-state index in [-0.39, 0.29) is 12.1 Å². The first kappa shape index (κ1) is 17.5. The van der Waals surface area contributed by atoms with E-state index < -0.39 is 0 Å². The predicted octanol–water partition coefficient (Wildman–Crippen LogP) is 3.10. The van der Waals surface area contributed by atoms with Crippen LogP contribution in [0.4, 0.5) is 4.79 Å². The Bertz CT molecular complexity index is 676. The van der Waals surface area contributed by atoms with Gasteiger partial charge in [0.15, 0.2) is 0 Å². The lowest BCUT2D eigenvalue weighted by molar-refractivity contribution is 0.237. The monoisotopic (exact) mass is 335 g/mol. The topological polar surface area (TPSA) is 71.8 Å². The van der Waals surface area contributed by atoms with Crippen molar-refractivity contribution in [2.45, 2.75) is 60.2 Å². The molecule has 0 aliphatic heterocycles. The van der Waals surface area contributed by atoms with Crippen molar-refractivity contribution in [2.75, 3.05) is 0 Å². The number of aryl methyl sites for hydroxylation is 3. The predicted molar refractivity (Wildman–Crippen MR) is 92.7 cm³/mol. The van der Waals surface area contributed by atoms with E-state index >= 15 is 0 Å². The second-order valence-electron chi connectivity index (χ2n) is 5.53. The maximum atomic E-state index is 12.1. The van der Waals surface area contributed by atoms with E-state index in [1.165, 1.54) is 0 Å². The van der Waals surface area contributed by atoms with Crippen LogP contribution in [0.15, 0.2) is 5.38 Å². The molecular formula is C16H25N5OS. The summed E-state index contributed by atoms with van der Waals surface area (Å²) in [4.78, 5) is 16.6. The van der Waals surface area contributed by atoms with E-state index in [2.05, 4.69) is 34.6 Å². The summed E-state index contributed by atoms with van der Waals surface area (Å²) in [6.45, 7) is 11.4. The van der Waals surface area contributed by atoms with Gasteiger partial charge < -0.3 is 10.6 Å². The molecule has 7 heteroatoms. The van der Waals surface area contributed by atoms with E-state index in [0.717, 1.165) is 40.6 Å². The maximum absolute atomic E-state index is 12.1. The lowest BCUT2D eigenvalue weighted by atomic mass is 10.2. The van der Waals surface area contributed by atoms with Crippen LogP contribution in [0, 0.1) is 13.8 Å². The van der Waals surface area contributed by atoms with Gasteiger partial charge in [0, 0.05) is 29.7 Å². The van der Waals surface area contributed by atoms with Crippen molar-refractivity contribution >= 4 is 17.4 Å². The fourth-order valence-electron chi connectivity index (χ4n) is 2.47. The summed E-state index contributed by atoms with van der Waals surface area (Å²) >= 11 is 1.63. The molecule has 2 heterocycles. The van der Waals surface area contributed by atoms with Gasteiger partial charge in [0.1, 0.15) is 0 Å². The Balaban J connectivity index is 1.91. The van der Waals surface area contributed by atoms with Crippen LogP contribution in [0.3, 0.4) is 0 Å². The van der Waals surface area contributed by atoms with Crippen LogP contribution in [0.5, 0.6) is 0 Å². The molecule has 0 bridgehead atoms. The number of aromatic nitrogens is 3. The minimum absolute atomic E-state index is 0.105. The highest BCUT2D eigenvalue weighted by atomic mass is 32.1. The highest BCUT2D eigenvalue weighted by molar-refractivity contribution is 7.09. The Morgan fingerprint density at radius 1 is 1.39 bits per heavy atom. The van der Waals surface area contributed by atoms with Crippen molar-refractivity contribution in [2.24, 2.45) is 0 Å². The number of nitrogens with zero attached hydrogens (tertiary/aromatic N) is 3. The number of amides is 2. The summed E-state index contributed by atoms with van der Waals surface area (Å²) in [6.07, 6.45) is 0.920. The van der Waals surface area contributed by atoms with Gasteiger partial charge in [0.2, 0.25) is 0 Å². The van der Waals surface area contributed by atoms with Gasteiger partial charge in [0.05, 0.1) is 22.4 Å². The zero-order chi connectivity index (χ0) is 17.0. The summed E-state index contributed by atoms with van der Waals surface area (Å²) in [7, 11) is 0. The van der Waals surface area contributed by atoms with Crippen LogP contribution in [0.25, 0.3) is 0 Å². The zero-order valence-electron chi connectivity index (χ0n) is 14.4. The van der Waals surface area contributed by atoms with Gasteiger partial charge in [-0.1, -0.05) is 6.92 Å². The average molecular weight is 335 g/mol. The molecule has 2 aromatic rings. The lowest BCUT2D eigenvalue weighted by Crippen LogP contribution is -2.37. The SMILES string of the molecule is CCc1nc(C(C)NC(=O)NCc2c(C)nn(CC)c2C)cs1. The molecule has 126 valence electrons. The first-order valence-corrected chi connectivity index (χ1v) is 8.85. The third-order valence-electron chi connectivity index (χ3n) is 3.92. The molecule has 6 nitrogen and oxygen atoms in total. The first-order chi connectivity index (χ1) is 11.0. The smallest absolute Gasteiger partial charge is 0.315 e. The van der Waals surface area contributed by atoms with Crippen LogP contribution in [0.2, 0.25) is 0 Å². The normalized spacial score (nSPS) is 12.2. The van der Waals surface area contributed by atoms with Crippen molar-refractivity contribution in [3.63, 3.8) is 0 Å². The Kier molecular flexibility index (Phi) is 5.76. The van der Waals surface area contributed by atoms with E-state index in [0.29, 0.717) is 6.54 Å². The number of urea groups is 1. The number of rotatable bonds is 6. The van der Waals surface area contributed by atoms with Gasteiger partial charge in [-0.2, -0.15) is 5.10 Å². The largest absolute Gasteiger partial charge is 0.334 e. The number of carbonyl (C=O) groups excluding carboxylic acids is 1. The minimum Gasteiger partial charge on any atom is -0.334 e. The zero-order valence-corrected chi connectivity index (χ0v) is 15.3. The van der Waals surface area contributed by atoms with Crippen molar-refractivity contribution in [3.05, 3.63) is 33.0 Å². The molecule has 0 radical (unpaired) electrons. The fourth-order valence-corrected chi connectivity index (χ4v) is 3.31. The van der Waals surface area contributed by atoms with Gasteiger partial charge in [-0.15, -0.1) is 11.3 Å². The van der Waals surface area contributed by atoms with Gasteiger partial charge >= 0.3 is 6.03 Å². The van der Waals surface area contributed by atoms with Gasteiger partial charge in [0.25, 0.3) is 0 Å². The van der Waals surface area contributed by atoms with Crippen molar-refractivity contribution < 1.29 is 4.79 Å². The molecule has 2 N–H and O–H groups in total. The molecule has 0 fully saturated rings. The van der Waals surface area contributed by atoms with E-state index in [1.807, 2.05) is 30.8 Å². The number of nitrogens with one attached hydrogen (secondary N) is 2. The molecule has 2 aromatic heterocycles. The lowest BCUT2D eigenvalue weighted by Gasteiger charge is -2.13. The van der Waals surface area contributed by atoms with Crippen LogP contribution >= 0.6 is 11.3 Å². The van der Waals surface area contributed by atoms with Crippen molar-refractivity contribution in [1.29, 1.82) is 0 Å². The highest BCUT2D eigenvalue weighted by Crippen LogP contribution is 2.17. The quantitative estimate of drug-likeness (QED) is 0.852. The number of carbonyl (C=O) groups is 1. The van der Waals surface area contributed by atoms with E-state index in [1.54, 1.807) is 11.3 Å². The van der Waals surface area contributed by atoms with Gasteiger partial charge in [-0.3, -0.25) is 4.68 Å². The van der Waals surface area contributed by atoms with E-state index in [9.17, 15) is 4.79 Å². The number of hydrogen-bond donors (Lipinski definition) is 2. The van der Waals surface area contributed by atoms with Crippen LogP contribution in [-0.4, -0.2) is 20.8 Å². The number of thiazole rings is 1. The molecule has 0 aromatic carbocycles. The van der Waals surface area contributed by atoms with Crippen molar-refractivity contribution in [3.8, 4) is 0 Å². The Hall–Kier alpha value is -1.89. The molecule has 0 saturated heterocycles. The molecule has 1 unspecified atom stereocenters. The fraction of sp³-hybridized carbons (Fsp3) is 0.562. The molecule has 1 atom stereocenters.